The standard InChI is InChI=1S/C24H29N5O2S/c1-5-8-20-26-27-24-29(20)28-21(17-11-13-18(14-12-17)31-6-2)22(32-24)23(30)25-19-10-7-9-15(3)16(19)4/h7,9-14,21-22,28H,5-6,8H2,1-4H3,(H,25,30)/t21-,22-/m0/s1. The molecule has 0 aliphatic carbocycles. The average Bonchev–Trinajstić information content (AvgIpc) is 3.19. The molecule has 1 amide bonds. The van der Waals surface area contributed by atoms with Gasteiger partial charge in [0.2, 0.25) is 11.1 Å². The predicted molar refractivity (Wildman–Crippen MR) is 128 cm³/mol. The Kier molecular flexibility index (Phi) is 6.69. The summed E-state index contributed by atoms with van der Waals surface area (Å²) in [7, 11) is 0. The molecule has 0 unspecified atom stereocenters. The highest BCUT2D eigenvalue weighted by Crippen LogP contribution is 2.38. The number of benzene rings is 2. The molecule has 0 radical (unpaired) electrons. The third-order valence-corrected chi connectivity index (χ3v) is 6.86. The van der Waals surface area contributed by atoms with Gasteiger partial charge in [-0.3, -0.25) is 4.79 Å². The van der Waals surface area contributed by atoms with Gasteiger partial charge in [0, 0.05) is 12.1 Å². The molecule has 168 valence electrons. The summed E-state index contributed by atoms with van der Waals surface area (Å²) >= 11 is 1.44. The van der Waals surface area contributed by atoms with Crippen LogP contribution in [0.3, 0.4) is 0 Å². The molecule has 7 nitrogen and oxygen atoms in total. The minimum Gasteiger partial charge on any atom is -0.494 e. The number of carbonyl (C=O) groups excluding carboxylic acids is 1. The number of hydrogen-bond donors (Lipinski definition) is 2. The van der Waals surface area contributed by atoms with Gasteiger partial charge in [0.25, 0.3) is 0 Å². The van der Waals surface area contributed by atoms with Crippen LogP contribution in [0.1, 0.15) is 48.8 Å². The molecule has 0 saturated carbocycles. The summed E-state index contributed by atoms with van der Waals surface area (Å²) < 4.78 is 7.52. The third-order valence-electron chi connectivity index (χ3n) is 5.65. The monoisotopic (exact) mass is 451 g/mol. The van der Waals surface area contributed by atoms with Crippen molar-refractivity contribution >= 4 is 23.4 Å². The molecule has 3 aromatic rings. The van der Waals surface area contributed by atoms with Gasteiger partial charge in [-0.25, -0.2) is 4.68 Å². The number of ether oxygens (including phenoxy) is 1. The topological polar surface area (TPSA) is 81.1 Å². The van der Waals surface area contributed by atoms with Crippen LogP contribution in [-0.4, -0.2) is 32.6 Å². The molecule has 4 rings (SSSR count). The zero-order valence-corrected chi connectivity index (χ0v) is 19.7. The molecule has 2 heterocycles. The summed E-state index contributed by atoms with van der Waals surface area (Å²) in [4.78, 5) is 13.5. The smallest absolute Gasteiger partial charge is 0.240 e. The van der Waals surface area contributed by atoms with Crippen LogP contribution >= 0.6 is 11.8 Å². The van der Waals surface area contributed by atoms with E-state index in [-0.39, 0.29) is 11.9 Å². The van der Waals surface area contributed by atoms with E-state index in [0.29, 0.717) is 11.8 Å². The Bertz CT molecular complexity index is 1100. The summed E-state index contributed by atoms with van der Waals surface area (Å²) in [6.07, 6.45) is 1.78. The molecular formula is C24H29N5O2S. The van der Waals surface area contributed by atoms with Gasteiger partial charge in [0.1, 0.15) is 11.0 Å². The molecule has 1 aliphatic heterocycles. The van der Waals surface area contributed by atoms with Gasteiger partial charge in [-0.15, -0.1) is 10.2 Å². The Hall–Kier alpha value is -3.00. The van der Waals surface area contributed by atoms with Gasteiger partial charge in [0.15, 0.2) is 5.82 Å². The number of aryl methyl sites for hydroxylation is 2. The quantitative estimate of drug-likeness (QED) is 0.545. The fourth-order valence-corrected chi connectivity index (χ4v) is 4.86. The Morgan fingerprint density at radius 3 is 2.66 bits per heavy atom. The minimum absolute atomic E-state index is 0.0682. The Labute approximate surface area is 192 Å². The Morgan fingerprint density at radius 2 is 1.94 bits per heavy atom. The van der Waals surface area contributed by atoms with Crippen LogP contribution in [0.5, 0.6) is 5.75 Å². The van der Waals surface area contributed by atoms with Crippen molar-refractivity contribution in [2.75, 3.05) is 17.3 Å². The van der Waals surface area contributed by atoms with Crippen LogP contribution in [0.15, 0.2) is 47.6 Å². The molecule has 2 aromatic carbocycles. The van der Waals surface area contributed by atoms with Crippen molar-refractivity contribution < 1.29 is 9.53 Å². The fourth-order valence-electron chi connectivity index (χ4n) is 3.76. The van der Waals surface area contributed by atoms with Gasteiger partial charge in [-0.1, -0.05) is 43.0 Å². The largest absolute Gasteiger partial charge is 0.494 e. The molecular weight excluding hydrogens is 422 g/mol. The second-order valence-corrected chi connectivity index (χ2v) is 8.98. The minimum atomic E-state index is -0.418. The van der Waals surface area contributed by atoms with Crippen molar-refractivity contribution in [3.63, 3.8) is 0 Å². The number of hydrogen-bond acceptors (Lipinski definition) is 6. The molecule has 0 spiro atoms. The molecule has 8 heteroatoms. The van der Waals surface area contributed by atoms with Crippen LogP contribution in [0.2, 0.25) is 0 Å². The van der Waals surface area contributed by atoms with E-state index in [0.717, 1.165) is 46.8 Å². The van der Waals surface area contributed by atoms with Gasteiger partial charge >= 0.3 is 0 Å². The zero-order valence-electron chi connectivity index (χ0n) is 18.9. The lowest BCUT2D eigenvalue weighted by Gasteiger charge is -2.33. The Balaban J connectivity index is 1.66. The van der Waals surface area contributed by atoms with Gasteiger partial charge in [-0.05, 0) is 62.1 Å². The van der Waals surface area contributed by atoms with E-state index in [1.807, 2.05) is 67.9 Å². The van der Waals surface area contributed by atoms with Crippen LogP contribution in [0.4, 0.5) is 5.69 Å². The number of rotatable bonds is 7. The maximum atomic E-state index is 13.5. The SMILES string of the molecule is CCCc1nnc2n1N[C@@H](c1ccc(OCC)cc1)[C@@H](C(=O)Nc1cccc(C)c1C)S2. The summed E-state index contributed by atoms with van der Waals surface area (Å²) in [5.41, 5.74) is 7.56. The summed E-state index contributed by atoms with van der Waals surface area (Å²) in [5.74, 6) is 1.62. The van der Waals surface area contributed by atoms with E-state index in [4.69, 9.17) is 4.74 Å². The first-order chi connectivity index (χ1) is 15.5. The maximum Gasteiger partial charge on any atom is 0.240 e. The van der Waals surface area contributed by atoms with E-state index in [1.54, 1.807) is 0 Å². The number of fused-ring (bicyclic) bond motifs is 1. The summed E-state index contributed by atoms with van der Waals surface area (Å²) in [6.45, 7) is 8.76. The molecule has 32 heavy (non-hydrogen) atoms. The molecule has 0 saturated heterocycles. The van der Waals surface area contributed by atoms with E-state index >= 15 is 0 Å². The lowest BCUT2D eigenvalue weighted by Crippen LogP contribution is -2.41. The first-order valence-corrected chi connectivity index (χ1v) is 11.9. The lowest BCUT2D eigenvalue weighted by molar-refractivity contribution is -0.116. The molecule has 1 aromatic heterocycles. The number of amides is 1. The highest BCUT2D eigenvalue weighted by molar-refractivity contribution is 8.00. The highest BCUT2D eigenvalue weighted by Gasteiger charge is 2.38. The zero-order chi connectivity index (χ0) is 22.7. The number of thioether (sulfide) groups is 1. The Morgan fingerprint density at radius 1 is 1.16 bits per heavy atom. The first kappa shape index (κ1) is 22.2. The normalized spacial score (nSPS) is 17.4. The van der Waals surface area contributed by atoms with Crippen LogP contribution in [0, 0.1) is 13.8 Å². The van der Waals surface area contributed by atoms with E-state index in [2.05, 4.69) is 27.9 Å². The molecule has 0 fully saturated rings. The summed E-state index contributed by atoms with van der Waals surface area (Å²) in [5, 5.41) is 12.1. The average molecular weight is 452 g/mol. The van der Waals surface area contributed by atoms with Crippen LogP contribution in [-0.2, 0) is 11.2 Å². The second kappa shape index (κ2) is 9.65. The number of nitrogens with zero attached hydrogens (tertiary/aromatic N) is 3. The van der Waals surface area contributed by atoms with Crippen molar-refractivity contribution in [3.05, 3.63) is 65.0 Å². The van der Waals surface area contributed by atoms with Gasteiger partial charge < -0.3 is 15.5 Å². The van der Waals surface area contributed by atoms with Gasteiger partial charge in [-0.2, -0.15) is 0 Å². The fraction of sp³-hybridized carbons (Fsp3) is 0.375. The van der Waals surface area contributed by atoms with Crippen molar-refractivity contribution in [1.29, 1.82) is 0 Å². The molecule has 2 atom stereocenters. The number of anilines is 1. The summed E-state index contributed by atoms with van der Waals surface area (Å²) in [6, 6.07) is 13.6. The van der Waals surface area contributed by atoms with Crippen molar-refractivity contribution in [2.24, 2.45) is 0 Å². The molecule has 1 aliphatic rings. The van der Waals surface area contributed by atoms with E-state index < -0.39 is 5.25 Å². The van der Waals surface area contributed by atoms with E-state index in [9.17, 15) is 4.79 Å². The number of aromatic nitrogens is 3. The van der Waals surface area contributed by atoms with Crippen molar-refractivity contribution in [3.8, 4) is 5.75 Å². The lowest BCUT2D eigenvalue weighted by atomic mass is 10.0. The highest BCUT2D eigenvalue weighted by atomic mass is 32.2. The second-order valence-electron chi connectivity index (χ2n) is 7.87. The van der Waals surface area contributed by atoms with Crippen molar-refractivity contribution in [1.82, 2.24) is 14.9 Å². The maximum absolute atomic E-state index is 13.5. The van der Waals surface area contributed by atoms with E-state index in [1.165, 1.54) is 11.8 Å². The number of nitrogens with one attached hydrogen (secondary N) is 2. The molecule has 0 bridgehead atoms. The van der Waals surface area contributed by atoms with Crippen molar-refractivity contribution in [2.45, 2.75) is 57.0 Å². The van der Waals surface area contributed by atoms with Crippen LogP contribution < -0.4 is 15.5 Å². The third kappa shape index (κ3) is 4.46. The van der Waals surface area contributed by atoms with Crippen LogP contribution in [0.25, 0.3) is 0 Å². The number of carbonyl (C=O) groups is 1. The molecule has 2 N–H and O–H groups in total. The van der Waals surface area contributed by atoms with Gasteiger partial charge in [0.05, 0.1) is 12.6 Å². The first-order valence-electron chi connectivity index (χ1n) is 11.0. The predicted octanol–water partition coefficient (Wildman–Crippen LogP) is 4.64.